The number of halogens is 1. The molecule has 6 heteroatoms. The molecule has 1 fully saturated rings. The number of fused-ring (bicyclic) bond motifs is 1. The number of nitrogens with one attached hydrogen (secondary N) is 3. The van der Waals surface area contributed by atoms with E-state index in [2.05, 4.69) is 22.9 Å². The monoisotopic (exact) mass is 402 g/mol. The Balaban J connectivity index is 1.72. The highest BCUT2D eigenvalue weighted by atomic mass is 35.5. The van der Waals surface area contributed by atoms with Gasteiger partial charge in [0.05, 0.1) is 16.2 Å². The Morgan fingerprint density at radius 3 is 2.75 bits per heavy atom. The lowest BCUT2D eigenvalue weighted by Gasteiger charge is -2.21. The first-order valence-electron chi connectivity index (χ1n) is 10.4. The zero-order valence-corrected chi connectivity index (χ0v) is 17.6. The second kappa shape index (κ2) is 10.1. The average Bonchev–Trinajstić information content (AvgIpc) is 2.69. The summed E-state index contributed by atoms with van der Waals surface area (Å²) < 4.78 is 0. The van der Waals surface area contributed by atoms with Gasteiger partial charge < -0.3 is 16.0 Å². The van der Waals surface area contributed by atoms with Crippen molar-refractivity contribution in [2.45, 2.75) is 57.9 Å². The lowest BCUT2D eigenvalue weighted by molar-refractivity contribution is -0.117. The van der Waals surface area contributed by atoms with Crippen molar-refractivity contribution in [2.75, 3.05) is 24.2 Å². The van der Waals surface area contributed by atoms with Crippen molar-refractivity contribution < 1.29 is 4.79 Å². The normalized spacial score (nSPS) is 16.1. The van der Waals surface area contributed by atoms with Crippen molar-refractivity contribution >= 4 is 39.9 Å². The van der Waals surface area contributed by atoms with Crippen LogP contribution in [0.5, 0.6) is 0 Å². The van der Waals surface area contributed by atoms with E-state index in [4.69, 9.17) is 16.6 Å². The zero-order chi connectivity index (χ0) is 19.9. The molecule has 0 saturated heterocycles. The predicted molar refractivity (Wildman–Crippen MR) is 118 cm³/mol. The minimum Gasteiger partial charge on any atom is -0.368 e. The van der Waals surface area contributed by atoms with E-state index in [1.54, 1.807) is 6.07 Å². The number of benzene rings is 1. The van der Waals surface area contributed by atoms with Crippen LogP contribution in [0.3, 0.4) is 0 Å². The SMILES string of the molecule is CNCCC(C)Nc1ccc2c(NC(=O)CC3CCCCC3)c(Cl)ccc2n1. The zero-order valence-electron chi connectivity index (χ0n) is 16.9. The molecule has 28 heavy (non-hydrogen) atoms. The Morgan fingerprint density at radius 2 is 2.00 bits per heavy atom. The molecule has 3 N–H and O–H groups in total. The summed E-state index contributed by atoms with van der Waals surface area (Å²) in [5.74, 6) is 1.37. The first-order chi connectivity index (χ1) is 13.6. The maximum absolute atomic E-state index is 12.6. The third-order valence-corrected chi connectivity index (χ3v) is 5.82. The van der Waals surface area contributed by atoms with Crippen LogP contribution in [0.2, 0.25) is 5.02 Å². The number of amides is 1. The standard InChI is InChI=1S/C22H31ClN4O/c1-15(12-13-24-2)25-20-11-8-17-19(26-20)10-9-18(23)22(17)27-21(28)14-16-6-4-3-5-7-16/h8-11,15-16,24H,3-7,12-14H2,1-2H3,(H,25,26)(H,27,28). The summed E-state index contributed by atoms with van der Waals surface area (Å²) in [6.45, 7) is 3.09. The van der Waals surface area contributed by atoms with Gasteiger partial charge in [-0.05, 0) is 70.0 Å². The number of carbonyl (C=O) groups is 1. The Kier molecular flexibility index (Phi) is 7.51. The van der Waals surface area contributed by atoms with Gasteiger partial charge in [0, 0.05) is 17.8 Å². The molecule has 5 nitrogen and oxygen atoms in total. The van der Waals surface area contributed by atoms with Gasteiger partial charge in [-0.1, -0.05) is 30.9 Å². The highest BCUT2D eigenvalue weighted by molar-refractivity contribution is 6.35. The fourth-order valence-corrected chi connectivity index (χ4v) is 4.13. The number of nitrogens with zero attached hydrogens (tertiary/aromatic N) is 1. The van der Waals surface area contributed by atoms with Crippen LogP contribution in [0.1, 0.15) is 51.9 Å². The van der Waals surface area contributed by atoms with Crippen LogP contribution in [0.15, 0.2) is 24.3 Å². The van der Waals surface area contributed by atoms with Crippen molar-refractivity contribution in [3.63, 3.8) is 0 Å². The molecule has 0 radical (unpaired) electrons. The number of hydrogen-bond acceptors (Lipinski definition) is 4. The molecule has 152 valence electrons. The molecule has 0 aliphatic heterocycles. The summed E-state index contributed by atoms with van der Waals surface area (Å²) in [6, 6.07) is 7.96. The van der Waals surface area contributed by atoms with Gasteiger partial charge in [0.15, 0.2) is 0 Å². The molecule has 1 unspecified atom stereocenters. The maximum atomic E-state index is 12.6. The topological polar surface area (TPSA) is 66.0 Å². The molecule has 1 aliphatic carbocycles. The first kappa shape index (κ1) is 20.9. The second-order valence-electron chi connectivity index (χ2n) is 7.88. The average molecular weight is 403 g/mol. The number of hydrogen-bond donors (Lipinski definition) is 3. The van der Waals surface area contributed by atoms with Crippen LogP contribution in [0.25, 0.3) is 10.9 Å². The third kappa shape index (κ3) is 5.58. The van der Waals surface area contributed by atoms with E-state index in [-0.39, 0.29) is 5.91 Å². The van der Waals surface area contributed by atoms with E-state index in [1.165, 1.54) is 19.3 Å². The molecule has 1 atom stereocenters. The van der Waals surface area contributed by atoms with Crippen molar-refractivity contribution in [3.05, 3.63) is 29.3 Å². The summed E-state index contributed by atoms with van der Waals surface area (Å²) in [6.07, 6.45) is 7.65. The van der Waals surface area contributed by atoms with Crippen LogP contribution in [-0.4, -0.2) is 30.5 Å². The number of anilines is 2. The molecular weight excluding hydrogens is 372 g/mol. The van der Waals surface area contributed by atoms with Crippen LogP contribution in [-0.2, 0) is 4.79 Å². The molecule has 0 bridgehead atoms. The first-order valence-corrected chi connectivity index (χ1v) is 10.7. The number of aromatic nitrogens is 1. The minimum atomic E-state index is 0.0455. The predicted octanol–water partition coefficient (Wildman–Crippen LogP) is 5.21. The fraction of sp³-hybridized carbons (Fsp3) is 0.545. The maximum Gasteiger partial charge on any atom is 0.224 e. The lowest BCUT2D eigenvalue weighted by Crippen LogP contribution is -2.21. The highest BCUT2D eigenvalue weighted by Crippen LogP contribution is 2.32. The second-order valence-corrected chi connectivity index (χ2v) is 8.29. The van der Waals surface area contributed by atoms with Gasteiger partial charge in [-0.25, -0.2) is 4.98 Å². The van der Waals surface area contributed by atoms with E-state index in [9.17, 15) is 4.79 Å². The molecule has 1 amide bonds. The molecule has 1 heterocycles. The summed E-state index contributed by atoms with van der Waals surface area (Å²) in [5.41, 5.74) is 1.49. The fourth-order valence-electron chi connectivity index (χ4n) is 3.91. The summed E-state index contributed by atoms with van der Waals surface area (Å²) >= 11 is 6.41. The van der Waals surface area contributed by atoms with Gasteiger partial charge in [0.1, 0.15) is 5.82 Å². The highest BCUT2D eigenvalue weighted by Gasteiger charge is 2.18. The quantitative estimate of drug-likeness (QED) is 0.567. The van der Waals surface area contributed by atoms with Gasteiger partial charge in [-0.3, -0.25) is 4.79 Å². The van der Waals surface area contributed by atoms with Gasteiger partial charge in [-0.2, -0.15) is 0 Å². The van der Waals surface area contributed by atoms with E-state index in [0.717, 1.165) is 42.5 Å². The molecule has 1 aromatic carbocycles. The minimum absolute atomic E-state index is 0.0455. The van der Waals surface area contributed by atoms with Crippen LogP contribution >= 0.6 is 11.6 Å². The number of carbonyl (C=O) groups excluding carboxylic acids is 1. The van der Waals surface area contributed by atoms with E-state index in [1.807, 2.05) is 25.2 Å². The van der Waals surface area contributed by atoms with Crippen molar-refractivity contribution in [3.8, 4) is 0 Å². The van der Waals surface area contributed by atoms with Crippen LogP contribution in [0.4, 0.5) is 11.5 Å². The van der Waals surface area contributed by atoms with Crippen molar-refractivity contribution in [1.29, 1.82) is 0 Å². The van der Waals surface area contributed by atoms with E-state index in [0.29, 0.717) is 29.1 Å². The smallest absolute Gasteiger partial charge is 0.224 e. The molecule has 0 spiro atoms. The van der Waals surface area contributed by atoms with Crippen molar-refractivity contribution in [1.82, 2.24) is 10.3 Å². The molecular formula is C22H31ClN4O. The number of rotatable bonds is 8. The van der Waals surface area contributed by atoms with Gasteiger partial charge in [0.25, 0.3) is 0 Å². The van der Waals surface area contributed by atoms with Crippen LogP contribution in [0, 0.1) is 5.92 Å². The van der Waals surface area contributed by atoms with Gasteiger partial charge in [-0.15, -0.1) is 0 Å². The largest absolute Gasteiger partial charge is 0.368 e. The van der Waals surface area contributed by atoms with Gasteiger partial charge >= 0.3 is 0 Å². The Morgan fingerprint density at radius 1 is 1.21 bits per heavy atom. The lowest BCUT2D eigenvalue weighted by atomic mass is 9.87. The summed E-state index contributed by atoms with van der Waals surface area (Å²) in [4.78, 5) is 17.3. The molecule has 1 aliphatic rings. The Bertz CT molecular complexity index is 804. The van der Waals surface area contributed by atoms with E-state index >= 15 is 0 Å². The summed E-state index contributed by atoms with van der Waals surface area (Å²) in [5, 5.41) is 11.1. The van der Waals surface area contributed by atoms with E-state index < -0.39 is 0 Å². The molecule has 1 aromatic heterocycles. The molecule has 1 saturated carbocycles. The summed E-state index contributed by atoms with van der Waals surface area (Å²) in [7, 11) is 1.95. The van der Waals surface area contributed by atoms with Crippen molar-refractivity contribution in [2.24, 2.45) is 5.92 Å². The number of pyridine rings is 1. The molecule has 3 rings (SSSR count). The Hall–Kier alpha value is -1.85. The molecule has 2 aromatic rings. The Labute approximate surface area is 172 Å². The van der Waals surface area contributed by atoms with Crippen LogP contribution < -0.4 is 16.0 Å². The van der Waals surface area contributed by atoms with Gasteiger partial charge in [0.2, 0.25) is 5.91 Å². The third-order valence-electron chi connectivity index (χ3n) is 5.51.